The molecule has 1 N–H and O–H groups in total. The number of nitrogens with one attached hydrogen (secondary N) is 1. The predicted octanol–water partition coefficient (Wildman–Crippen LogP) is 2.73. The first-order valence-corrected chi connectivity index (χ1v) is 7.16. The number of carbonyl (C=O) groups is 1. The molecular weight excluding hydrogens is 268 g/mol. The minimum Gasteiger partial charge on any atom is -0.489 e. The van der Waals surface area contributed by atoms with E-state index in [1.165, 1.54) is 18.4 Å². The molecule has 0 fully saturated rings. The number of carbonyl (C=O) groups excluding carboxylic acids is 1. The molecule has 1 aromatic carbocycles. The second kappa shape index (κ2) is 4.98. The highest BCUT2D eigenvalue weighted by molar-refractivity contribution is 6.00. The van der Waals surface area contributed by atoms with E-state index in [1.807, 2.05) is 19.9 Å². The van der Waals surface area contributed by atoms with Gasteiger partial charge >= 0.3 is 5.97 Å². The Bertz CT molecular complexity index is 703. The number of hydrogen-bond donors (Lipinski definition) is 1. The van der Waals surface area contributed by atoms with Gasteiger partial charge in [-0.25, -0.2) is 4.79 Å². The maximum Gasteiger partial charge on any atom is 0.354 e. The van der Waals surface area contributed by atoms with Crippen molar-refractivity contribution in [2.75, 3.05) is 25.6 Å². The topological polar surface area (TPSA) is 54.6 Å². The predicted molar refractivity (Wildman–Crippen MR) is 82.4 cm³/mol. The van der Waals surface area contributed by atoms with E-state index < -0.39 is 0 Å². The fourth-order valence-corrected chi connectivity index (χ4v) is 2.88. The highest BCUT2D eigenvalue weighted by atomic mass is 16.5. The summed E-state index contributed by atoms with van der Waals surface area (Å²) >= 11 is 0. The number of rotatable bonds is 3. The molecule has 1 aliphatic heterocycles. The number of benzene rings is 1. The molecule has 0 atom stereocenters. The molecule has 3 rings (SSSR count). The van der Waals surface area contributed by atoms with E-state index in [0.29, 0.717) is 5.69 Å². The standard InChI is InChI=1S/C16H20N2O3/c1-9(2)21-14-8-13-10(5-6-18(13)3)11-7-12(16(19)20-4)17-15(11)14/h7-9,17H,5-6H2,1-4H3. The summed E-state index contributed by atoms with van der Waals surface area (Å²) < 4.78 is 10.7. The second-order valence-corrected chi connectivity index (χ2v) is 5.67. The Labute approximate surface area is 123 Å². The van der Waals surface area contributed by atoms with Crippen LogP contribution in [-0.2, 0) is 11.2 Å². The Hall–Kier alpha value is -2.17. The highest BCUT2D eigenvalue weighted by Crippen LogP contribution is 2.40. The zero-order valence-electron chi connectivity index (χ0n) is 12.8. The molecule has 1 aliphatic rings. The molecule has 5 heteroatoms. The Morgan fingerprint density at radius 3 is 2.81 bits per heavy atom. The van der Waals surface area contributed by atoms with Crippen molar-refractivity contribution in [1.29, 1.82) is 0 Å². The first-order valence-electron chi connectivity index (χ1n) is 7.16. The summed E-state index contributed by atoms with van der Waals surface area (Å²) in [4.78, 5) is 17.1. The molecule has 1 aromatic heterocycles. The van der Waals surface area contributed by atoms with Crippen LogP contribution in [0.25, 0.3) is 10.9 Å². The first kappa shape index (κ1) is 13.8. The number of H-pyrrole nitrogens is 1. The number of aromatic amines is 1. The van der Waals surface area contributed by atoms with Gasteiger partial charge in [-0.3, -0.25) is 0 Å². The number of anilines is 1. The van der Waals surface area contributed by atoms with Gasteiger partial charge in [0.1, 0.15) is 11.4 Å². The van der Waals surface area contributed by atoms with Crippen molar-refractivity contribution >= 4 is 22.6 Å². The summed E-state index contributed by atoms with van der Waals surface area (Å²) in [6.45, 7) is 4.97. The van der Waals surface area contributed by atoms with Crippen LogP contribution in [0.1, 0.15) is 29.9 Å². The van der Waals surface area contributed by atoms with E-state index in [2.05, 4.69) is 23.0 Å². The Balaban J connectivity index is 2.23. The average Bonchev–Trinajstić information content (AvgIpc) is 3.02. The van der Waals surface area contributed by atoms with Crippen molar-refractivity contribution in [3.05, 3.63) is 23.4 Å². The fourth-order valence-electron chi connectivity index (χ4n) is 2.88. The smallest absolute Gasteiger partial charge is 0.354 e. The van der Waals surface area contributed by atoms with Crippen LogP contribution in [0.4, 0.5) is 5.69 Å². The van der Waals surface area contributed by atoms with Crippen molar-refractivity contribution in [2.24, 2.45) is 0 Å². The third kappa shape index (κ3) is 2.22. The van der Waals surface area contributed by atoms with Gasteiger partial charge in [-0.05, 0) is 31.9 Å². The molecule has 0 saturated heterocycles. The molecule has 0 spiro atoms. The van der Waals surface area contributed by atoms with Gasteiger partial charge in [0, 0.05) is 30.7 Å². The highest BCUT2D eigenvalue weighted by Gasteiger charge is 2.24. The zero-order chi connectivity index (χ0) is 15.1. The van der Waals surface area contributed by atoms with Crippen molar-refractivity contribution < 1.29 is 14.3 Å². The van der Waals surface area contributed by atoms with Crippen molar-refractivity contribution in [1.82, 2.24) is 4.98 Å². The molecule has 0 amide bonds. The van der Waals surface area contributed by atoms with Crippen LogP contribution in [0, 0.1) is 0 Å². The number of esters is 1. The third-order valence-electron chi connectivity index (χ3n) is 3.84. The van der Waals surface area contributed by atoms with Gasteiger partial charge in [0.15, 0.2) is 0 Å². The zero-order valence-corrected chi connectivity index (χ0v) is 12.8. The van der Waals surface area contributed by atoms with Crippen LogP contribution in [0.15, 0.2) is 12.1 Å². The molecule has 0 bridgehead atoms. The number of fused-ring (bicyclic) bond motifs is 3. The maximum absolute atomic E-state index is 11.8. The molecule has 0 aliphatic carbocycles. The number of nitrogens with zero attached hydrogens (tertiary/aromatic N) is 1. The fraction of sp³-hybridized carbons (Fsp3) is 0.438. The van der Waals surface area contributed by atoms with Gasteiger partial charge in [0.2, 0.25) is 0 Å². The lowest BCUT2D eigenvalue weighted by molar-refractivity contribution is 0.0595. The summed E-state index contributed by atoms with van der Waals surface area (Å²) in [6.07, 6.45) is 1.05. The van der Waals surface area contributed by atoms with E-state index >= 15 is 0 Å². The van der Waals surface area contributed by atoms with Gasteiger partial charge in [-0.15, -0.1) is 0 Å². The van der Waals surface area contributed by atoms with Crippen molar-refractivity contribution in [3.8, 4) is 5.75 Å². The number of aromatic nitrogens is 1. The van der Waals surface area contributed by atoms with Crippen molar-refractivity contribution in [3.63, 3.8) is 0 Å². The quantitative estimate of drug-likeness (QED) is 0.882. The molecule has 5 nitrogen and oxygen atoms in total. The van der Waals surface area contributed by atoms with Crippen LogP contribution in [-0.4, -0.2) is 37.8 Å². The molecule has 0 unspecified atom stereocenters. The van der Waals surface area contributed by atoms with E-state index in [4.69, 9.17) is 9.47 Å². The normalized spacial score (nSPS) is 13.9. The van der Waals surface area contributed by atoms with Crippen LogP contribution < -0.4 is 9.64 Å². The molecule has 112 valence electrons. The second-order valence-electron chi connectivity index (χ2n) is 5.67. The van der Waals surface area contributed by atoms with Gasteiger partial charge in [0.05, 0.1) is 18.7 Å². The van der Waals surface area contributed by atoms with Crippen LogP contribution in [0.5, 0.6) is 5.75 Å². The van der Waals surface area contributed by atoms with Crippen LogP contribution in [0.3, 0.4) is 0 Å². The molecule has 2 heterocycles. The monoisotopic (exact) mass is 288 g/mol. The van der Waals surface area contributed by atoms with Gasteiger partial charge in [-0.1, -0.05) is 0 Å². The minimum absolute atomic E-state index is 0.0721. The van der Waals surface area contributed by atoms with Crippen molar-refractivity contribution in [2.45, 2.75) is 26.4 Å². The van der Waals surface area contributed by atoms with Gasteiger partial charge in [-0.2, -0.15) is 0 Å². The molecular formula is C16H20N2O3. The Kier molecular flexibility index (Phi) is 3.27. The Morgan fingerprint density at radius 1 is 1.38 bits per heavy atom. The van der Waals surface area contributed by atoms with E-state index in [1.54, 1.807) is 0 Å². The lowest BCUT2D eigenvalue weighted by atomic mass is 10.1. The SMILES string of the molecule is COC(=O)c1cc2c3c(cc(OC(C)C)c2[nH]1)N(C)CC3. The molecule has 21 heavy (non-hydrogen) atoms. The lowest BCUT2D eigenvalue weighted by Gasteiger charge is -2.16. The first-order chi connectivity index (χ1) is 10.0. The average molecular weight is 288 g/mol. The van der Waals surface area contributed by atoms with Gasteiger partial charge in [0.25, 0.3) is 0 Å². The molecule has 2 aromatic rings. The molecule has 0 saturated carbocycles. The van der Waals surface area contributed by atoms with Crippen LogP contribution >= 0.6 is 0 Å². The summed E-state index contributed by atoms with van der Waals surface area (Å²) in [6, 6.07) is 3.93. The number of hydrogen-bond acceptors (Lipinski definition) is 4. The lowest BCUT2D eigenvalue weighted by Crippen LogP contribution is -2.13. The van der Waals surface area contributed by atoms with E-state index in [0.717, 1.165) is 29.6 Å². The molecule has 0 radical (unpaired) electrons. The number of ether oxygens (including phenoxy) is 2. The maximum atomic E-state index is 11.8. The minimum atomic E-state index is -0.359. The largest absolute Gasteiger partial charge is 0.489 e. The third-order valence-corrected chi connectivity index (χ3v) is 3.84. The number of methoxy groups -OCH3 is 1. The van der Waals surface area contributed by atoms with E-state index in [-0.39, 0.29) is 12.1 Å². The summed E-state index contributed by atoms with van der Waals surface area (Å²) in [5.41, 5.74) is 3.77. The Morgan fingerprint density at radius 2 is 2.14 bits per heavy atom. The van der Waals surface area contributed by atoms with E-state index in [9.17, 15) is 4.79 Å². The summed E-state index contributed by atoms with van der Waals surface area (Å²) in [5.74, 6) is 0.421. The summed E-state index contributed by atoms with van der Waals surface area (Å²) in [5, 5.41) is 1.05. The number of likely N-dealkylation sites (N-methyl/N-ethyl adjacent to an activating group) is 1. The van der Waals surface area contributed by atoms with Gasteiger partial charge < -0.3 is 19.4 Å². The summed E-state index contributed by atoms with van der Waals surface area (Å²) in [7, 11) is 3.46. The van der Waals surface area contributed by atoms with Crippen LogP contribution in [0.2, 0.25) is 0 Å².